The van der Waals surface area contributed by atoms with E-state index in [2.05, 4.69) is 26.0 Å². The van der Waals surface area contributed by atoms with Crippen LogP contribution in [0.25, 0.3) is 0 Å². The van der Waals surface area contributed by atoms with E-state index in [0.29, 0.717) is 24.6 Å². The van der Waals surface area contributed by atoms with Crippen molar-refractivity contribution in [2.75, 3.05) is 26.7 Å². The van der Waals surface area contributed by atoms with Crippen LogP contribution >= 0.6 is 0 Å². The summed E-state index contributed by atoms with van der Waals surface area (Å²) in [6, 6.07) is 7.96. The average Bonchev–Trinajstić information content (AvgIpc) is 3.14. The summed E-state index contributed by atoms with van der Waals surface area (Å²) in [6.45, 7) is 2.62. The summed E-state index contributed by atoms with van der Waals surface area (Å²) < 4.78 is 15.0. The molecule has 0 aliphatic carbocycles. The summed E-state index contributed by atoms with van der Waals surface area (Å²) in [5.74, 6) is 0.212. The molecule has 3 N–H and O–H groups in total. The van der Waals surface area contributed by atoms with Crippen molar-refractivity contribution >= 4 is 11.9 Å². The van der Waals surface area contributed by atoms with Crippen LogP contribution in [0.15, 0.2) is 47.7 Å². The summed E-state index contributed by atoms with van der Waals surface area (Å²) in [7, 11) is 1.70. The molecular weight excluding hydrogens is 335 g/mol. The summed E-state index contributed by atoms with van der Waals surface area (Å²) in [6.07, 6.45) is 4.78. The van der Waals surface area contributed by atoms with Gasteiger partial charge in [-0.25, -0.2) is 4.39 Å². The van der Waals surface area contributed by atoms with Crippen molar-refractivity contribution in [1.82, 2.24) is 25.7 Å². The Morgan fingerprint density at radius 3 is 2.73 bits per heavy atom. The number of hydrogen-bond acceptors (Lipinski definition) is 3. The molecule has 0 fully saturated rings. The third kappa shape index (κ3) is 7.33. The predicted molar refractivity (Wildman–Crippen MR) is 99.3 cm³/mol. The van der Waals surface area contributed by atoms with Crippen molar-refractivity contribution < 1.29 is 9.18 Å². The number of aromatic nitrogens is 2. The van der Waals surface area contributed by atoms with Crippen LogP contribution in [0.3, 0.4) is 0 Å². The van der Waals surface area contributed by atoms with E-state index in [1.165, 1.54) is 12.1 Å². The van der Waals surface area contributed by atoms with Crippen LogP contribution in [0.5, 0.6) is 0 Å². The van der Waals surface area contributed by atoms with E-state index in [1.807, 2.05) is 16.9 Å². The molecule has 140 valence electrons. The molecule has 0 bridgehead atoms. The lowest BCUT2D eigenvalue weighted by molar-refractivity contribution is -0.120. The highest BCUT2D eigenvalue weighted by molar-refractivity contribution is 5.80. The average molecular weight is 360 g/mol. The number of aliphatic imine (C=N–C) groups is 1. The monoisotopic (exact) mass is 360 g/mol. The van der Waals surface area contributed by atoms with E-state index in [1.54, 1.807) is 25.4 Å². The maximum Gasteiger partial charge on any atom is 0.224 e. The van der Waals surface area contributed by atoms with Gasteiger partial charge >= 0.3 is 0 Å². The first-order valence-electron chi connectivity index (χ1n) is 8.60. The lowest BCUT2D eigenvalue weighted by Gasteiger charge is -2.12. The number of hydrogen-bond donors (Lipinski definition) is 3. The zero-order valence-corrected chi connectivity index (χ0v) is 14.9. The van der Waals surface area contributed by atoms with E-state index >= 15 is 0 Å². The quantitative estimate of drug-likeness (QED) is 0.353. The topological polar surface area (TPSA) is 83.3 Å². The number of halogens is 1. The number of rotatable bonds is 9. The van der Waals surface area contributed by atoms with Gasteiger partial charge in [-0.2, -0.15) is 5.10 Å². The summed E-state index contributed by atoms with van der Waals surface area (Å²) in [5, 5.41) is 13.3. The second kappa shape index (κ2) is 10.9. The lowest BCUT2D eigenvalue weighted by Crippen LogP contribution is -2.42. The third-order valence-corrected chi connectivity index (χ3v) is 3.63. The van der Waals surface area contributed by atoms with Crippen molar-refractivity contribution in [2.24, 2.45) is 4.99 Å². The highest BCUT2D eigenvalue weighted by Gasteiger charge is 2.04. The Kier molecular flexibility index (Phi) is 8.11. The zero-order valence-electron chi connectivity index (χ0n) is 14.9. The van der Waals surface area contributed by atoms with Gasteiger partial charge in [0.05, 0.1) is 6.42 Å². The van der Waals surface area contributed by atoms with E-state index < -0.39 is 0 Å². The molecule has 1 aromatic heterocycles. The second-order valence-electron chi connectivity index (χ2n) is 5.71. The molecule has 0 spiro atoms. The maximum atomic E-state index is 13.1. The molecule has 0 aliphatic rings. The van der Waals surface area contributed by atoms with Gasteiger partial charge in [-0.05, 0) is 30.2 Å². The van der Waals surface area contributed by atoms with Gasteiger partial charge in [-0.3, -0.25) is 14.5 Å². The predicted octanol–water partition coefficient (Wildman–Crippen LogP) is 0.936. The Hall–Kier alpha value is -2.90. The number of carbonyl (C=O) groups excluding carboxylic acids is 1. The van der Waals surface area contributed by atoms with Gasteiger partial charge < -0.3 is 16.0 Å². The van der Waals surface area contributed by atoms with Gasteiger partial charge in [0, 0.05) is 45.6 Å². The molecule has 26 heavy (non-hydrogen) atoms. The Bertz CT molecular complexity index is 701. The van der Waals surface area contributed by atoms with Crippen LogP contribution in [0.4, 0.5) is 4.39 Å². The summed E-state index contributed by atoms with van der Waals surface area (Å²) in [4.78, 5) is 16.0. The SMILES string of the molecule is CN=C(NCCCn1cccn1)NCCNC(=O)Cc1cccc(F)c1. The molecule has 1 aromatic carbocycles. The van der Waals surface area contributed by atoms with Gasteiger partial charge in [0.25, 0.3) is 0 Å². The first-order valence-corrected chi connectivity index (χ1v) is 8.60. The van der Waals surface area contributed by atoms with E-state index in [9.17, 15) is 9.18 Å². The standard InChI is InChI=1S/C18H25FN6O/c1-20-18(22-7-3-11-25-12-4-8-24-25)23-10-9-21-17(26)14-15-5-2-6-16(19)13-15/h2,4-6,8,12-13H,3,7,9-11,14H2,1H3,(H,21,26)(H2,20,22,23). The maximum absolute atomic E-state index is 13.1. The minimum absolute atomic E-state index is 0.139. The molecule has 0 unspecified atom stereocenters. The Labute approximate surface area is 152 Å². The first-order chi connectivity index (χ1) is 12.7. The highest BCUT2D eigenvalue weighted by atomic mass is 19.1. The fourth-order valence-corrected chi connectivity index (χ4v) is 2.38. The largest absolute Gasteiger partial charge is 0.356 e. The number of carbonyl (C=O) groups is 1. The Balaban J connectivity index is 1.56. The molecule has 1 amide bonds. The molecule has 8 heteroatoms. The molecule has 2 aromatic rings. The Morgan fingerprint density at radius 2 is 2.00 bits per heavy atom. The molecule has 2 rings (SSSR count). The molecule has 0 saturated carbocycles. The van der Waals surface area contributed by atoms with Crippen LogP contribution in [0.2, 0.25) is 0 Å². The van der Waals surface area contributed by atoms with Gasteiger partial charge in [0.1, 0.15) is 5.82 Å². The first kappa shape index (κ1) is 19.4. The number of nitrogens with one attached hydrogen (secondary N) is 3. The van der Waals surface area contributed by atoms with Crippen molar-refractivity contribution in [3.05, 3.63) is 54.1 Å². The van der Waals surface area contributed by atoms with Crippen LogP contribution in [-0.4, -0.2) is 48.3 Å². The zero-order chi connectivity index (χ0) is 18.6. The van der Waals surface area contributed by atoms with Crippen molar-refractivity contribution in [1.29, 1.82) is 0 Å². The molecule has 7 nitrogen and oxygen atoms in total. The van der Waals surface area contributed by atoms with Crippen LogP contribution in [0.1, 0.15) is 12.0 Å². The molecule has 0 atom stereocenters. The van der Waals surface area contributed by atoms with E-state index in [-0.39, 0.29) is 18.1 Å². The second-order valence-corrected chi connectivity index (χ2v) is 5.71. The number of guanidine groups is 1. The van der Waals surface area contributed by atoms with Gasteiger partial charge in [-0.1, -0.05) is 12.1 Å². The molecule has 0 aliphatic heterocycles. The lowest BCUT2D eigenvalue weighted by atomic mass is 10.1. The molecular formula is C18H25FN6O. The highest BCUT2D eigenvalue weighted by Crippen LogP contribution is 2.03. The number of aryl methyl sites for hydroxylation is 1. The minimum atomic E-state index is -0.334. The summed E-state index contributed by atoms with van der Waals surface area (Å²) in [5.41, 5.74) is 0.658. The fraction of sp³-hybridized carbons (Fsp3) is 0.389. The van der Waals surface area contributed by atoms with Crippen molar-refractivity contribution in [2.45, 2.75) is 19.4 Å². The summed E-state index contributed by atoms with van der Waals surface area (Å²) >= 11 is 0. The van der Waals surface area contributed by atoms with Crippen LogP contribution < -0.4 is 16.0 Å². The minimum Gasteiger partial charge on any atom is -0.356 e. The Morgan fingerprint density at radius 1 is 1.19 bits per heavy atom. The fourth-order valence-electron chi connectivity index (χ4n) is 2.38. The van der Waals surface area contributed by atoms with Crippen LogP contribution in [-0.2, 0) is 17.8 Å². The van der Waals surface area contributed by atoms with Crippen molar-refractivity contribution in [3.8, 4) is 0 Å². The normalized spacial score (nSPS) is 11.2. The van der Waals surface area contributed by atoms with Gasteiger partial charge in [0.2, 0.25) is 5.91 Å². The van der Waals surface area contributed by atoms with E-state index in [0.717, 1.165) is 19.5 Å². The molecule has 0 radical (unpaired) electrons. The third-order valence-electron chi connectivity index (χ3n) is 3.63. The smallest absolute Gasteiger partial charge is 0.224 e. The molecule has 0 saturated heterocycles. The molecule has 1 heterocycles. The van der Waals surface area contributed by atoms with E-state index in [4.69, 9.17) is 0 Å². The van der Waals surface area contributed by atoms with Gasteiger partial charge in [0.15, 0.2) is 5.96 Å². The van der Waals surface area contributed by atoms with Crippen molar-refractivity contribution in [3.63, 3.8) is 0 Å². The van der Waals surface area contributed by atoms with Gasteiger partial charge in [-0.15, -0.1) is 0 Å². The number of nitrogens with zero attached hydrogens (tertiary/aromatic N) is 3. The number of benzene rings is 1. The van der Waals surface area contributed by atoms with Crippen LogP contribution in [0, 0.1) is 5.82 Å². The number of amides is 1.